The Morgan fingerprint density at radius 3 is 2.37 bits per heavy atom. The molecule has 0 saturated heterocycles. The molecular weight excluding hydrogens is 769 g/mol. The first-order chi connectivity index (χ1) is 27.3. The topological polar surface area (TPSA) is 221 Å². The van der Waals surface area contributed by atoms with Gasteiger partial charge in [0.15, 0.2) is 5.03 Å². The molecule has 1 unspecified atom stereocenters. The van der Waals surface area contributed by atoms with Crippen LogP contribution in [-0.2, 0) is 32.0 Å². The molecule has 6 N–H and O–H groups in total. The largest absolute Gasteiger partial charge is 0.390 e. The van der Waals surface area contributed by atoms with Crippen LogP contribution in [0, 0.1) is 22.0 Å². The number of carbonyl (C=O) groups is 4. The molecule has 0 aliphatic heterocycles. The van der Waals surface area contributed by atoms with Crippen molar-refractivity contribution in [2.45, 2.75) is 95.5 Å². The molecule has 15 nitrogen and oxygen atoms in total. The van der Waals surface area contributed by atoms with Gasteiger partial charge in [-0.25, -0.2) is 9.97 Å². The van der Waals surface area contributed by atoms with Crippen molar-refractivity contribution in [1.29, 1.82) is 0 Å². The number of imidazole rings is 1. The first kappa shape index (κ1) is 44.7. The Bertz CT molecular complexity index is 1940. The van der Waals surface area contributed by atoms with Crippen LogP contribution in [0.15, 0.2) is 78.3 Å². The monoisotopic (exact) mass is 820 g/mol. The van der Waals surface area contributed by atoms with Crippen LogP contribution in [0.2, 0.25) is 0 Å². The summed E-state index contributed by atoms with van der Waals surface area (Å²) in [5.74, 6) is -1.34. The zero-order chi connectivity index (χ0) is 41.3. The van der Waals surface area contributed by atoms with Gasteiger partial charge in [0.1, 0.15) is 12.1 Å². The molecule has 4 rings (SSSR count). The number of nitro groups is 1. The third-order valence-electron chi connectivity index (χ3n) is 9.31. The van der Waals surface area contributed by atoms with Crippen LogP contribution >= 0.6 is 21.6 Å². The summed E-state index contributed by atoms with van der Waals surface area (Å²) < 4.78 is 0. The van der Waals surface area contributed by atoms with E-state index in [-0.39, 0.29) is 59.9 Å². The van der Waals surface area contributed by atoms with Crippen molar-refractivity contribution in [3.05, 3.63) is 94.7 Å². The number of H-pyrrole nitrogens is 1. The van der Waals surface area contributed by atoms with Gasteiger partial charge in [0, 0.05) is 50.0 Å². The number of aromatic nitrogens is 3. The molecule has 306 valence electrons. The summed E-state index contributed by atoms with van der Waals surface area (Å²) in [6, 6.07) is 13.2. The quantitative estimate of drug-likeness (QED) is 0.0256. The van der Waals surface area contributed by atoms with E-state index < -0.39 is 46.9 Å². The molecule has 0 spiro atoms. The van der Waals surface area contributed by atoms with Crippen LogP contribution in [0.4, 0.5) is 5.69 Å². The van der Waals surface area contributed by atoms with Crippen molar-refractivity contribution < 1.29 is 29.2 Å². The summed E-state index contributed by atoms with van der Waals surface area (Å²) in [5.41, 5.74) is 1.17. The van der Waals surface area contributed by atoms with E-state index in [9.17, 15) is 34.4 Å². The zero-order valence-corrected chi connectivity index (χ0v) is 34.2. The number of aliphatic hydroxyl groups excluding tert-OH is 1. The van der Waals surface area contributed by atoms with Gasteiger partial charge in [0.25, 0.3) is 0 Å². The summed E-state index contributed by atoms with van der Waals surface area (Å²) in [4.78, 5) is 76.5. The van der Waals surface area contributed by atoms with Crippen molar-refractivity contribution in [2.75, 3.05) is 12.3 Å². The van der Waals surface area contributed by atoms with Crippen molar-refractivity contribution in [3.63, 3.8) is 0 Å². The molecule has 0 fully saturated rings. The van der Waals surface area contributed by atoms with E-state index in [1.807, 2.05) is 70.2 Å². The van der Waals surface area contributed by atoms with Crippen molar-refractivity contribution in [1.82, 2.24) is 36.2 Å². The molecule has 2 heterocycles. The van der Waals surface area contributed by atoms with Gasteiger partial charge in [-0.2, -0.15) is 0 Å². The van der Waals surface area contributed by atoms with Gasteiger partial charge in [-0.05, 0) is 51.5 Å². The Kier molecular flexibility index (Phi) is 17.8. The fraction of sp³-hybridized carbons (Fsp3) is 0.450. The maximum Gasteiger partial charge on any atom is 0.302 e. The summed E-state index contributed by atoms with van der Waals surface area (Å²) in [6.07, 6.45) is 4.51. The number of aromatic amines is 1. The van der Waals surface area contributed by atoms with Gasteiger partial charge < -0.3 is 31.4 Å². The average Bonchev–Trinajstić information content (AvgIpc) is 3.71. The number of pyridine rings is 1. The molecule has 2 aromatic heterocycles. The molecule has 2 aromatic carbocycles. The SMILES string of the molecule is CCC(C)CNC(=O)C[C@H](O)[C@H](CC(C)C)NC(=O)[C@H](Cc1c[nH]cn1)NC(=O)[C@H](Cc1cccc2ccccc12)NC(=O)CCSSc1ncccc1[N+](=O)[O-]. The second kappa shape index (κ2) is 22.7. The number of aliphatic hydroxyl groups is 1. The fourth-order valence-electron chi connectivity index (χ4n) is 6.02. The standard InChI is InChI=1S/C40H52N8O7S2/c1-5-26(4)22-43-37(51)21-35(49)31(18-25(2)3)46-39(53)33(20-29-23-41-24-44-29)47-38(52)32(19-28-12-8-11-27-10-6-7-13-30(27)28)45-36(50)15-17-56-57-40-34(48(54)55)14-9-16-42-40/h6-14,16,23-26,31-33,35,49H,5,15,17-22H2,1-4H3,(H,41,44)(H,43,51)(H,45,50)(H,46,53)(H,47,52)/t26?,31-,32-,33-,35-/m0/s1. The molecule has 0 aliphatic carbocycles. The highest BCUT2D eigenvalue weighted by atomic mass is 33.1. The van der Waals surface area contributed by atoms with Crippen molar-refractivity contribution in [3.8, 4) is 0 Å². The van der Waals surface area contributed by atoms with Gasteiger partial charge in [0.2, 0.25) is 23.6 Å². The highest BCUT2D eigenvalue weighted by Gasteiger charge is 2.32. The number of benzene rings is 2. The third-order valence-corrected chi connectivity index (χ3v) is 11.6. The van der Waals surface area contributed by atoms with E-state index in [2.05, 4.69) is 36.2 Å². The fourth-order valence-corrected chi connectivity index (χ4v) is 8.03. The number of fused-ring (bicyclic) bond motifs is 1. The lowest BCUT2D eigenvalue weighted by molar-refractivity contribution is -0.388. The Hall–Kier alpha value is -5.00. The first-order valence-electron chi connectivity index (χ1n) is 19.0. The summed E-state index contributed by atoms with van der Waals surface area (Å²) in [7, 11) is 2.31. The van der Waals surface area contributed by atoms with Gasteiger partial charge in [-0.15, -0.1) is 0 Å². The summed E-state index contributed by atoms with van der Waals surface area (Å²) in [6.45, 7) is 8.41. The van der Waals surface area contributed by atoms with Crippen LogP contribution < -0.4 is 21.3 Å². The first-order valence-corrected chi connectivity index (χ1v) is 21.3. The number of nitrogens with zero attached hydrogens (tertiary/aromatic N) is 3. The highest BCUT2D eigenvalue weighted by Crippen LogP contribution is 2.35. The maximum absolute atomic E-state index is 14.3. The van der Waals surface area contributed by atoms with Crippen LogP contribution in [-0.4, -0.2) is 85.1 Å². The Morgan fingerprint density at radius 1 is 0.912 bits per heavy atom. The van der Waals surface area contributed by atoms with Crippen LogP contribution in [0.3, 0.4) is 0 Å². The maximum atomic E-state index is 14.3. The van der Waals surface area contributed by atoms with E-state index in [4.69, 9.17) is 0 Å². The molecule has 0 saturated carbocycles. The predicted molar refractivity (Wildman–Crippen MR) is 222 cm³/mol. The van der Waals surface area contributed by atoms with Crippen LogP contribution in [0.25, 0.3) is 10.8 Å². The summed E-state index contributed by atoms with van der Waals surface area (Å²) >= 11 is 0. The molecule has 0 bridgehead atoms. The second-order valence-electron chi connectivity index (χ2n) is 14.4. The van der Waals surface area contributed by atoms with Crippen LogP contribution in [0.1, 0.15) is 64.6 Å². The molecule has 0 aliphatic rings. The average molecular weight is 821 g/mol. The van der Waals surface area contributed by atoms with Gasteiger partial charge >= 0.3 is 5.69 Å². The summed E-state index contributed by atoms with van der Waals surface area (Å²) in [5, 5.41) is 36.1. The lowest BCUT2D eigenvalue weighted by atomic mass is 9.96. The molecule has 4 amide bonds. The third kappa shape index (κ3) is 14.5. The van der Waals surface area contributed by atoms with Gasteiger partial charge in [0.05, 0.1) is 35.5 Å². The van der Waals surface area contributed by atoms with E-state index in [1.54, 1.807) is 6.20 Å². The number of hydrogen-bond donors (Lipinski definition) is 6. The molecule has 17 heteroatoms. The Labute approximate surface area is 340 Å². The smallest absolute Gasteiger partial charge is 0.302 e. The second-order valence-corrected chi connectivity index (χ2v) is 16.8. The minimum absolute atomic E-state index is 0.00339. The van der Waals surface area contributed by atoms with E-state index in [1.165, 1.54) is 35.5 Å². The lowest BCUT2D eigenvalue weighted by Gasteiger charge is -2.29. The molecular formula is C40H52N8O7S2. The normalized spacial score (nSPS) is 13.9. The Morgan fingerprint density at radius 2 is 1.65 bits per heavy atom. The Balaban J connectivity index is 1.52. The predicted octanol–water partition coefficient (Wildman–Crippen LogP) is 4.90. The molecule has 4 aromatic rings. The number of hydrogen-bond acceptors (Lipinski definition) is 11. The van der Waals surface area contributed by atoms with Crippen LogP contribution in [0.5, 0.6) is 0 Å². The van der Waals surface area contributed by atoms with E-state index >= 15 is 0 Å². The number of nitrogens with one attached hydrogen (secondary N) is 5. The molecule has 57 heavy (non-hydrogen) atoms. The van der Waals surface area contributed by atoms with Gasteiger partial charge in [-0.1, -0.05) is 87.4 Å². The van der Waals surface area contributed by atoms with Crippen molar-refractivity contribution >= 4 is 61.7 Å². The minimum atomic E-state index is -1.19. The number of amides is 4. The molecule has 5 atom stereocenters. The minimum Gasteiger partial charge on any atom is -0.390 e. The number of carbonyl (C=O) groups excluding carboxylic acids is 4. The molecule has 0 radical (unpaired) electrons. The van der Waals surface area contributed by atoms with Crippen molar-refractivity contribution in [2.24, 2.45) is 11.8 Å². The van der Waals surface area contributed by atoms with E-state index in [0.717, 1.165) is 33.6 Å². The number of rotatable bonds is 23. The van der Waals surface area contributed by atoms with E-state index in [0.29, 0.717) is 18.7 Å². The lowest BCUT2D eigenvalue weighted by Crippen LogP contribution is -2.57. The highest BCUT2D eigenvalue weighted by molar-refractivity contribution is 8.76. The zero-order valence-electron chi connectivity index (χ0n) is 32.6. The van der Waals surface area contributed by atoms with Gasteiger partial charge in [-0.3, -0.25) is 29.3 Å².